The summed E-state index contributed by atoms with van der Waals surface area (Å²) in [6.07, 6.45) is 5.14. The molecule has 1 aromatic carbocycles. The molecule has 3 atom stereocenters. The van der Waals surface area contributed by atoms with Crippen LogP contribution in [0.25, 0.3) is 11.1 Å². The summed E-state index contributed by atoms with van der Waals surface area (Å²) in [6, 6.07) is 8.59. The van der Waals surface area contributed by atoms with Crippen molar-refractivity contribution in [2.45, 2.75) is 72.1 Å². The molecule has 10 heteroatoms. The number of halogens is 1. The standard InChI is InChI=1S/C28H35FN6O3/c1-17-12-23(32-26-9-7-21(29)15-30-26)22-13-19(6-8-24(22)35(17)18(2)36)20-14-31-34(16-20)11-10-25(28(3,4)5)33-27(37)38/h6-9,13-17,23,25,33H,10-12H2,1-5H3,(H,30,32)(H,37,38)/t17-,23+,25?/m0/s1. The molecule has 0 aliphatic carbocycles. The zero-order chi connectivity index (χ0) is 27.6. The number of nitrogens with zero attached hydrogens (tertiary/aromatic N) is 4. The molecule has 3 heterocycles. The highest BCUT2D eigenvalue weighted by Gasteiger charge is 2.33. The molecule has 4 rings (SSSR count). The molecule has 1 aliphatic rings. The lowest BCUT2D eigenvalue weighted by Gasteiger charge is -2.39. The monoisotopic (exact) mass is 522 g/mol. The number of anilines is 2. The molecule has 3 N–H and O–H groups in total. The molecule has 1 aliphatic heterocycles. The van der Waals surface area contributed by atoms with E-state index in [4.69, 9.17) is 0 Å². The molecular formula is C28H35FN6O3. The normalized spacial score (nSPS) is 18.0. The lowest BCUT2D eigenvalue weighted by atomic mass is 9.85. The molecule has 1 unspecified atom stereocenters. The van der Waals surface area contributed by atoms with E-state index in [9.17, 15) is 19.1 Å². The summed E-state index contributed by atoms with van der Waals surface area (Å²) in [7, 11) is 0. The summed E-state index contributed by atoms with van der Waals surface area (Å²) in [4.78, 5) is 29.7. The van der Waals surface area contributed by atoms with E-state index in [0.29, 0.717) is 25.2 Å². The predicted molar refractivity (Wildman–Crippen MR) is 144 cm³/mol. The average molecular weight is 523 g/mol. The van der Waals surface area contributed by atoms with Gasteiger partial charge >= 0.3 is 6.09 Å². The minimum atomic E-state index is -1.03. The van der Waals surface area contributed by atoms with Gasteiger partial charge in [0.2, 0.25) is 5.91 Å². The third-order valence-corrected chi connectivity index (χ3v) is 7.03. The van der Waals surface area contributed by atoms with Crippen molar-refractivity contribution in [2.75, 3.05) is 10.2 Å². The van der Waals surface area contributed by atoms with Crippen molar-refractivity contribution in [2.24, 2.45) is 5.41 Å². The number of rotatable bonds is 7. The number of hydrogen-bond donors (Lipinski definition) is 3. The summed E-state index contributed by atoms with van der Waals surface area (Å²) in [5, 5.41) is 19.7. The fraction of sp³-hybridized carbons (Fsp3) is 0.429. The van der Waals surface area contributed by atoms with Crippen molar-refractivity contribution in [1.29, 1.82) is 0 Å². The summed E-state index contributed by atoms with van der Waals surface area (Å²) in [6.45, 7) is 10.2. The number of nitrogens with one attached hydrogen (secondary N) is 2. The molecule has 0 bridgehead atoms. The number of hydrogen-bond acceptors (Lipinski definition) is 5. The number of carbonyl (C=O) groups is 2. The number of aromatic nitrogens is 3. The van der Waals surface area contributed by atoms with Crippen LogP contribution in [0.4, 0.5) is 20.7 Å². The maximum Gasteiger partial charge on any atom is 0.404 e. The number of aryl methyl sites for hydroxylation is 1. The van der Waals surface area contributed by atoms with Crippen molar-refractivity contribution >= 4 is 23.5 Å². The van der Waals surface area contributed by atoms with Crippen LogP contribution in [0.1, 0.15) is 59.1 Å². The fourth-order valence-electron chi connectivity index (χ4n) is 5.07. The van der Waals surface area contributed by atoms with Gasteiger partial charge in [-0.1, -0.05) is 26.8 Å². The van der Waals surface area contributed by atoms with Crippen LogP contribution < -0.4 is 15.5 Å². The average Bonchev–Trinajstić information content (AvgIpc) is 3.31. The van der Waals surface area contributed by atoms with Crippen LogP contribution in [0.2, 0.25) is 0 Å². The predicted octanol–water partition coefficient (Wildman–Crippen LogP) is 5.45. The van der Waals surface area contributed by atoms with Crippen LogP contribution in [0, 0.1) is 11.2 Å². The van der Waals surface area contributed by atoms with E-state index in [1.54, 1.807) is 24.1 Å². The minimum absolute atomic E-state index is 0.0262. The molecular weight excluding hydrogens is 487 g/mol. The van der Waals surface area contributed by atoms with E-state index < -0.39 is 11.9 Å². The highest BCUT2D eigenvalue weighted by molar-refractivity contribution is 5.94. The Bertz CT molecular complexity index is 1300. The highest BCUT2D eigenvalue weighted by Crippen LogP contribution is 2.41. The topological polar surface area (TPSA) is 112 Å². The Morgan fingerprint density at radius 2 is 1.95 bits per heavy atom. The Balaban J connectivity index is 1.60. The first-order chi connectivity index (χ1) is 17.9. The van der Waals surface area contributed by atoms with Gasteiger partial charge in [0.05, 0.1) is 18.4 Å². The third kappa shape index (κ3) is 6.12. The Labute approximate surface area is 222 Å². The maximum atomic E-state index is 13.4. The summed E-state index contributed by atoms with van der Waals surface area (Å²) in [5.74, 6) is 0.135. The number of fused-ring (bicyclic) bond motifs is 1. The minimum Gasteiger partial charge on any atom is -0.465 e. The van der Waals surface area contributed by atoms with Gasteiger partial charge in [0, 0.05) is 43.0 Å². The number of amides is 2. The molecule has 202 valence electrons. The van der Waals surface area contributed by atoms with Gasteiger partial charge in [-0.15, -0.1) is 0 Å². The molecule has 0 fully saturated rings. The molecule has 2 amide bonds. The van der Waals surface area contributed by atoms with Crippen LogP contribution in [0.15, 0.2) is 48.9 Å². The summed E-state index contributed by atoms with van der Waals surface area (Å²) >= 11 is 0. The first-order valence-corrected chi connectivity index (χ1v) is 12.8. The zero-order valence-electron chi connectivity index (χ0n) is 22.4. The van der Waals surface area contributed by atoms with Crippen molar-refractivity contribution < 1.29 is 19.1 Å². The molecule has 0 radical (unpaired) electrons. The van der Waals surface area contributed by atoms with E-state index in [1.807, 2.05) is 50.7 Å². The Kier molecular flexibility index (Phi) is 7.71. The smallest absolute Gasteiger partial charge is 0.404 e. The van der Waals surface area contributed by atoms with Crippen molar-refractivity contribution in [3.05, 3.63) is 60.3 Å². The molecule has 2 aromatic heterocycles. The van der Waals surface area contributed by atoms with Gasteiger partial charge in [0.15, 0.2) is 0 Å². The molecule has 38 heavy (non-hydrogen) atoms. The van der Waals surface area contributed by atoms with E-state index in [2.05, 4.69) is 26.8 Å². The largest absolute Gasteiger partial charge is 0.465 e. The van der Waals surface area contributed by atoms with Gasteiger partial charge in [0.25, 0.3) is 0 Å². The van der Waals surface area contributed by atoms with E-state index in [0.717, 1.165) is 22.4 Å². The van der Waals surface area contributed by atoms with Crippen molar-refractivity contribution in [3.8, 4) is 11.1 Å². The van der Waals surface area contributed by atoms with E-state index >= 15 is 0 Å². The molecule has 0 spiro atoms. The number of pyridine rings is 1. The van der Waals surface area contributed by atoms with E-state index in [1.165, 1.54) is 12.3 Å². The van der Waals surface area contributed by atoms with Gasteiger partial charge < -0.3 is 20.6 Å². The maximum absolute atomic E-state index is 13.4. The van der Waals surface area contributed by atoms with E-state index in [-0.39, 0.29) is 29.4 Å². The second kappa shape index (κ2) is 10.8. The van der Waals surface area contributed by atoms with Gasteiger partial charge in [-0.2, -0.15) is 5.10 Å². The van der Waals surface area contributed by atoms with Crippen molar-refractivity contribution in [1.82, 2.24) is 20.1 Å². The second-order valence-electron chi connectivity index (χ2n) is 11.0. The van der Waals surface area contributed by atoms with Crippen LogP contribution >= 0.6 is 0 Å². The van der Waals surface area contributed by atoms with Gasteiger partial charge in [0.1, 0.15) is 11.6 Å². The van der Waals surface area contributed by atoms with Crippen LogP contribution in [0.3, 0.4) is 0 Å². The summed E-state index contributed by atoms with van der Waals surface area (Å²) in [5.41, 5.74) is 3.42. The second-order valence-corrected chi connectivity index (χ2v) is 11.0. The first-order valence-electron chi connectivity index (χ1n) is 12.8. The van der Waals surface area contributed by atoms with Crippen LogP contribution in [-0.4, -0.2) is 44.0 Å². The SMILES string of the molecule is CC(=O)N1c2ccc(-c3cnn(CCC(NC(=O)O)C(C)(C)C)c3)cc2[C@H](Nc2ccc(F)cn2)C[C@@H]1C. The molecule has 0 saturated carbocycles. The fourth-order valence-corrected chi connectivity index (χ4v) is 5.07. The number of carboxylic acid groups (broad SMARTS) is 1. The van der Waals surface area contributed by atoms with Gasteiger partial charge in [-0.3, -0.25) is 9.48 Å². The van der Waals surface area contributed by atoms with Crippen LogP contribution in [0.5, 0.6) is 0 Å². The number of carbonyl (C=O) groups excluding carboxylic acids is 1. The molecule has 3 aromatic rings. The van der Waals surface area contributed by atoms with Crippen LogP contribution in [-0.2, 0) is 11.3 Å². The highest BCUT2D eigenvalue weighted by atomic mass is 19.1. The Hall–Kier alpha value is -3.95. The zero-order valence-corrected chi connectivity index (χ0v) is 22.4. The van der Waals surface area contributed by atoms with Gasteiger partial charge in [-0.25, -0.2) is 14.2 Å². The molecule has 0 saturated heterocycles. The number of benzene rings is 1. The quantitative estimate of drug-likeness (QED) is 0.380. The Morgan fingerprint density at radius 3 is 2.58 bits per heavy atom. The van der Waals surface area contributed by atoms with Crippen molar-refractivity contribution in [3.63, 3.8) is 0 Å². The third-order valence-electron chi connectivity index (χ3n) is 7.03. The lowest BCUT2D eigenvalue weighted by Crippen LogP contribution is -2.43. The first kappa shape index (κ1) is 27.1. The van der Waals surface area contributed by atoms with Gasteiger partial charge in [-0.05, 0) is 60.6 Å². The molecule has 9 nitrogen and oxygen atoms in total. The lowest BCUT2D eigenvalue weighted by molar-refractivity contribution is -0.117. The Morgan fingerprint density at radius 1 is 1.18 bits per heavy atom. The summed E-state index contributed by atoms with van der Waals surface area (Å²) < 4.78 is 15.2.